The molecule has 1 amide bonds. The molecule has 1 heterocycles. The van der Waals surface area contributed by atoms with E-state index in [0.717, 1.165) is 13.1 Å². The predicted octanol–water partition coefficient (Wildman–Crippen LogP) is 2.14. The summed E-state index contributed by atoms with van der Waals surface area (Å²) in [6.07, 6.45) is 0. The van der Waals surface area contributed by atoms with Gasteiger partial charge in [-0.2, -0.15) is 0 Å². The minimum Gasteiger partial charge on any atom is -0.872 e. The highest BCUT2D eigenvalue weighted by atomic mass is 35.5. The fraction of sp³-hybridized carbons (Fsp3) is 0.304. The SMILES string of the molecule is CC[NH+](CC)CCN1C(=O)C(=O)C(=C([O-])c2ccc(Cl)cc2)C1c1ccc(Cl)cc1. The van der Waals surface area contributed by atoms with Gasteiger partial charge >= 0.3 is 0 Å². The highest BCUT2D eigenvalue weighted by Crippen LogP contribution is 2.38. The second-order valence-electron chi connectivity index (χ2n) is 7.24. The number of nitrogens with one attached hydrogen (secondary N) is 1. The van der Waals surface area contributed by atoms with Crippen LogP contribution in [0.25, 0.3) is 5.76 Å². The van der Waals surface area contributed by atoms with Crippen LogP contribution in [0.1, 0.15) is 31.0 Å². The van der Waals surface area contributed by atoms with E-state index in [1.54, 1.807) is 48.5 Å². The number of halogens is 2. The predicted molar refractivity (Wildman–Crippen MR) is 116 cm³/mol. The molecule has 1 saturated heterocycles. The molecule has 1 N–H and O–H groups in total. The number of benzene rings is 2. The minimum absolute atomic E-state index is 0.0285. The van der Waals surface area contributed by atoms with Gasteiger partial charge in [-0.15, -0.1) is 0 Å². The van der Waals surface area contributed by atoms with Crippen LogP contribution < -0.4 is 10.0 Å². The van der Waals surface area contributed by atoms with E-state index in [-0.39, 0.29) is 5.57 Å². The summed E-state index contributed by atoms with van der Waals surface area (Å²) in [5.41, 5.74) is 0.982. The zero-order valence-electron chi connectivity index (χ0n) is 17.0. The van der Waals surface area contributed by atoms with Crippen LogP contribution in [0, 0.1) is 0 Å². The van der Waals surface area contributed by atoms with Crippen LogP contribution in [-0.4, -0.2) is 42.8 Å². The Hall–Kier alpha value is -2.34. The van der Waals surface area contributed by atoms with Crippen LogP contribution in [-0.2, 0) is 9.59 Å². The summed E-state index contributed by atoms with van der Waals surface area (Å²) in [6.45, 7) is 7.06. The first-order valence-electron chi connectivity index (χ1n) is 9.98. The maximum Gasteiger partial charge on any atom is 0.295 e. The lowest BCUT2D eigenvalue weighted by molar-refractivity contribution is -0.895. The molecule has 1 atom stereocenters. The van der Waals surface area contributed by atoms with Gasteiger partial charge in [0.1, 0.15) is 0 Å². The Balaban J connectivity index is 2.08. The molecule has 0 bridgehead atoms. The fourth-order valence-corrected chi connectivity index (χ4v) is 3.98. The molecule has 0 aliphatic carbocycles. The lowest BCUT2D eigenvalue weighted by atomic mass is 9.95. The van der Waals surface area contributed by atoms with Crippen molar-refractivity contribution in [2.45, 2.75) is 19.9 Å². The maximum absolute atomic E-state index is 13.2. The van der Waals surface area contributed by atoms with Crippen molar-refractivity contribution in [2.24, 2.45) is 0 Å². The van der Waals surface area contributed by atoms with Gasteiger partial charge in [-0.05, 0) is 49.2 Å². The van der Waals surface area contributed by atoms with E-state index in [9.17, 15) is 14.7 Å². The Kier molecular flexibility index (Phi) is 7.19. The molecule has 0 saturated carbocycles. The summed E-state index contributed by atoms with van der Waals surface area (Å²) in [5, 5.41) is 14.3. The first kappa shape index (κ1) is 22.3. The monoisotopic (exact) mass is 446 g/mol. The number of hydrogen-bond acceptors (Lipinski definition) is 3. The molecule has 5 nitrogen and oxygen atoms in total. The Morgan fingerprint density at radius 1 is 0.967 bits per heavy atom. The van der Waals surface area contributed by atoms with Crippen molar-refractivity contribution in [3.8, 4) is 0 Å². The summed E-state index contributed by atoms with van der Waals surface area (Å²) in [6, 6.07) is 12.5. The summed E-state index contributed by atoms with van der Waals surface area (Å²) >= 11 is 12.0. The second kappa shape index (κ2) is 9.65. The summed E-state index contributed by atoms with van der Waals surface area (Å²) in [4.78, 5) is 28.6. The minimum atomic E-state index is -0.746. The fourth-order valence-electron chi connectivity index (χ4n) is 3.73. The molecule has 0 aromatic heterocycles. The van der Waals surface area contributed by atoms with Crippen molar-refractivity contribution in [3.05, 3.63) is 75.3 Å². The summed E-state index contributed by atoms with van der Waals surface area (Å²) in [7, 11) is 0. The van der Waals surface area contributed by atoms with Gasteiger partial charge in [0.15, 0.2) is 0 Å². The van der Waals surface area contributed by atoms with Gasteiger partial charge in [0.25, 0.3) is 5.91 Å². The van der Waals surface area contributed by atoms with E-state index in [1.807, 2.05) is 0 Å². The maximum atomic E-state index is 13.2. The van der Waals surface area contributed by atoms with E-state index in [4.69, 9.17) is 23.2 Å². The number of amides is 1. The number of likely N-dealkylation sites (tertiary alicyclic amines) is 1. The Morgan fingerprint density at radius 2 is 1.50 bits per heavy atom. The Bertz CT molecular complexity index is 951. The van der Waals surface area contributed by atoms with Gasteiger partial charge in [-0.3, -0.25) is 9.59 Å². The molecule has 1 unspecified atom stereocenters. The number of carbonyl (C=O) groups excluding carboxylic acids is 2. The van der Waals surface area contributed by atoms with Gasteiger partial charge in [0.05, 0.1) is 32.2 Å². The van der Waals surface area contributed by atoms with Crippen LogP contribution in [0.3, 0.4) is 0 Å². The molecule has 3 rings (SSSR count). The zero-order chi connectivity index (χ0) is 21.8. The van der Waals surface area contributed by atoms with Crippen molar-refractivity contribution >= 4 is 40.7 Å². The molecule has 0 radical (unpaired) electrons. The van der Waals surface area contributed by atoms with Crippen LogP contribution in [0.15, 0.2) is 54.1 Å². The van der Waals surface area contributed by atoms with Crippen molar-refractivity contribution in [3.63, 3.8) is 0 Å². The number of rotatable bonds is 7. The standard InChI is InChI=1S/C23H24Cl2N2O3/c1-3-26(4-2)13-14-27-20(15-5-9-17(24)10-6-15)19(22(29)23(27)30)21(28)16-7-11-18(25)12-8-16/h5-12,20,28H,3-4,13-14H2,1-2H3. The molecule has 2 aromatic rings. The number of hydrogen-bond donors (Lipinski definition) is 1. The summed E-state index contributed by atoms with van der Waals surface area (Å²) < 4.78 is 0. The van der Waals surface area contributed by atoms with E-state index in [2.05, 4.69) is 13.8 Å². The molecule has 1 fully saturated rings. The molecule has 2 aromatic carbocycles. The van der Waals surface area contributed by atoms with Crippen molar-refractivity contribution in [1.29, 1.82) is 0 Å². The van der Waals surface area contributed by atoms with Gasteiger partial charge in [0.2, 0.25) is 5.78 Å². The first-order valence-corrected chi connectivity index (χ1v) is 10.7. The average molecular weight is 447 g/mol. The highest BCUT2D eigenvalue weighted by Gasteiger charge is 2.44. The van der Waals surface area contributed by atoms with Gasteiger partial charge in [0, 0.05) is 15.6 Å². The van der Waals surface area contributed by atoms with E-state index < -0.39 is 23.5 Å². The number of likely N-dealkylation sites (N-methyl/N-ethyl adjacent to an activating group) is 1. The molecule has 30 heavy (non-hydrogen) atoms. The number of Topliss-reactive ketones (excluding diaryl/α,β-unsaturated/α-hetero) is 1. The normalized spacial score (nSPS) is 18.4. The molecule has 7 heteroatoms. The smallest absolute Gasteiger partial charge is 0.295 e. The zero-order valence-corrected chi connectivity index (χ0v) is 18.5. The number of quaternary nitrogens is 1. The lowest BCUT2D eigenvalue weighted by Gasteiger charge is -2.28. The third-order valence-electron chi connectivity index (χ3n) is 5.53. The second-order valence-corrected chi connectivity index (χ2v) is 8.11. The number of ketones is 1. The molecule has 0 spiro atoms. The molecular weight excluding hydrogens is 423 g/mol. The molecular formula is C23H24Cl2N2O3. The average Bonchev–Trinajstić information content (AvgIpc) is 3.00. The van der Waals surface area contributed by atoms with Crippen molar-refractivity contribution < 1.29 is 19.6 Å². The van der Waals surface area contributed by atoms with Crippen LogP contribution in [0.5, 0.6) is 0 Å². The van der Waals surface area contributed by atoms with Crippen molar-refractivity contribution in [1.82, 2.24) is 4.90 Å². The number of carbonyl (C=O) groups is 2. The van der Waals surface area contributed by atoms with E-state index in [0.29, 0.717) is 34.3 Å². The van der Waals surface area contributed by atoms with E-state index in [1.165, 1.54) is 9.80 Å². The van der Waals surface area contributed by atoms with Crippen LogP contribution >= 0.6 is 23.2 Å². The Morgan fingerprint density at radius 3 is 2.03 bits per heavy atom. The van der Waals surface area contributed by atoms with Crippen LogP contribution in [0.2, 0.25) is 10.0 Å². The van der Waals surface area contributed by atoms with Gasteiger partial charge in [-0.1, -0.05) is 53.2 Å². The van der Waals surface area contributed by atoms with Gasteiger partial charge in [-0.25, -0.2) is 0 Å². The summed E-state index contributed by atoms with van der Waals surface area (Å²) in [5.74, 6) is -1.84. The Labute approximate surface area is 186 Å². The first-order chi connectivity index (χ1) is 14.4. The highest BCUT2D eigenvalue weighted by molar-refractivity contribution is 6.46. The molecule has 1 aliphatic rings. The molecule has 1 aliphatic heterocycles. The third kappa shape index (κ3) is 4.53. The van der Waals surface area contributed by atoms with E-state index >= 15 is 0 Å². The quantitative estimate of drug-likeness (QED) is 0.402. The van der Waals surface area contributed by atoms with Crippen molar-refractivity contribution in [2.75, 3.05) is 26.2 Å². The number of nitrogens with zero attached hydrogens (tertiary/aromatic N) is 1. The third-order valence-corrected chi connectivity index (χ3v) is 6.03. The molecule has 158 valence electrons. The van der Waals surface area contributed by atoms with Gasteiger partial charge < -0.3 is 14.9 Å². The lowest BCUT2D eigenvalue weighted by Crippen LogP contribution is -3.12. The largest absolute Gasteiger partial charge is 0.872 e. The topological polar surface area (TPSA) is 64.9 Å². The van der Waals surface area contributed by atoms with Crippen LogP contribution in [0.4, 0.5) is 0 Å².